The van der Waals surface area contributed by atoms with Crippen molar-refractivity contribution in [1.82, 2.24) is 0 Å². The maximum Gasteiger partial charge on any atom is 0.0640 e. The number of nitrogens with two attached hydrogens (primary N) is 1. The van der Waals surface area contributed by atoms with Crippen LogP contribution in [0.5, 0.6) is 0 Å². The molecule has 1 aromatic rings. The third kappa shape index (κ3) is 2.68. The van der Waals surface area contributed by atoms with Crippen molar-refractivity contribution in [2.45, 2.75) is 45.6 Å². The molecule has 1 aromatic carbocycles. The summed E-state index contributed by atoms with van der Waals surface area (Å²) < 4.78 is 0. The molecule has 1 nitrogen and oxygen atoms in total. The fraction of sp³-hybridized carbons (Fsp3) is 0.600. The number of halogens is 2. The lowest BCUT2D eigenvalue weighted by molar-refractivity contribution is 0.113. The normalized spacial score (nSPS) is 24.8. The van der Waals surface area contributed by atoms with E-state index < -0.39 is 0 Å². The molecule has 2 rings (SSSR count). The molecule has 0 radical (unpaired) electrons. The van der Waals surface area contributed by atoms with Gasteiger partial charge in [0.25, 0.3) is 0 Å². The second-order valence-corrected chi connectivity index (χ2v) is 6.79. The summed E-state index contributed by atoms with van der Waals surface area (Å²) in [4.78, 5) is 0. The largest absolute Gasteiger partial charge is 0.324 e. The Morgan fingerprint density at radius 1 is 1.28 bits per heavy atom. The highest BCUT2D eigenvalue weighted by Gasteiger charge is 2.37. The van der Waals surface area contributed by atoms with E-state index in [9.17, 15) is 0 Å². The summed E-state index contributed by atoms with van der Waals surface area (Å²) in [6, 6.07) is 5.72. The standard InChI is InChI=1S/C15H21Cl2N/c1-15(2)9-4-3-7-11(15)14(18)10-6-5-8-12(16)13(10)17/h5-6,8,11,14H,3-4,7,9,18H2,1-2H3. The van der Waals surface area contributed by atoms with Gasteiger partial charge in [0, 0.05) is 6.04 Å². The molecule has 18 heavy (non-hydrogen) atoms. The van der Waals surface area contributed by atoms with Gasteiger partial charge in [0.15, 0.2) is 0 Å². The molecule has 1 aliphatic rings. The minimum absolute atomic E-state index is 0.0218. The van der Waals surface area contributed by atoms with Crippen molar-refractivity contribution in [2.75, 3.05) is 0 Å². The Hall–Kier alpha value is -0.240. The first-order valence-corrected chi connectivity index (χ1v) is 7.38. The predicted octanol–water partition coefficient (Wildman–Crippen LogP) is 5.21. The SMILES string of the molecule is CC1(C)CCCCC1C(N)c1cccc(Cl)c1Cl. The lowest BCUT2D eigenvalue weighted by Crippen LogP contribution is -2.36. The van der Waals surface area contributed by atoms with Crippen LogP contribution in [0.15, 0.2) is 18.2 Å². The van der Waals surface area contributed by atoms with Crippen LogP contribution in [-0.2, 0) is 0 Å². The molecule has 0 amide bonds. The first kappa shape index (κ1) is 14.2. The van der Waals surface area contributed by atoms with Gasteiger partial charge in [0.05, 0.1) is 10.0 Å². The first-order valence-electron chi connectivity index (χ1n) is 6.63. The van der Waals surface area contributed by atoms with Crippen LogP contribution in [-0.4, -0.2) is 0 Å². The summed E-state index contributed by atoms with van der Waals surface area (Å²) in [7, 11) is 0. The summed E-state index contributed by atoms with van der Waals surface area (Å²) in [6.45, 7) is 4.63. The Labute approximate surface area is 120 Å². The highest BCUT2D eigenvalue weighted by atomic mass is 35.5. The molecule has 3 heteroatoms. The summed E-state index contributed by atoms with van der Waals surface area (Å²) in [5, 5.41) is 1.21. The van der Waals surface area contributed by atoms with Crippen LogP contribution in [0.3, 0.4) is 0 Å². The molecule has 0 heterocycles. The quantitative estimate of drug-likeness (QED) is 0.793. The Morgan fingerprint density at radius 2 is 2.00 bits per heavy atom. The minimum Gasteiger partial charge on any atom is -0.324 e. The van der Waals surface area contributed by atoms with Gasteiger partial charge in [-0.2, -0.15) is 0 Å². The van der Waals surface area contributed by atoms with E-state index in [0.717, 1.165) is 5.56 Å². The molecule has 0 saturated heterocycles. The van der Waals surface area contributed by atoms with Gasteiger partial charge in [-0.3, -0.25) is 0 Å². The van der Waals surface area contributed by atoms with Crippen LogP contribution in [0.1, 0.15) is 51.1 Å². The Balaban J connectivity index is 2.30. The molecule has 2 unspecified atom stereocenters. The summed E-state index contributed by atoms with van der Waals surface area (Å²) in [5.74, 6) is 0.474. The summed E-state index contributed by atoms with van der Waals surface area (Å²) >= 11 is 12.4. The summed E-state index contributed by atoms with van der Waals surface area (Å²) in [6.07, 6.45) is 4.99. The number of hydrogen-bond donors (Lipinski definition) is 1. The highest BCUT2D eigenvalue weighted by Crippen LogP contribution is 2.47. The third-order valence-corrected chi connectivity index (χ3v) is 5.20. The molecule has 0 aliphatic heterocycles. The van der Waals surface area contributed by atoms with Gasteiger partial charge < -0.3 is 5.73 Å². The van der Waals surface area contributed by atoms with E-state index in [1.807, 2.05) is 18.2 Å². The van der Waals surface area contributed by atoms with E-state index in [4.69, 9.17) is 28.9 Å². The van der Waals surface area contributed by atoms with Crippen LogP contribution in [0.4, 0.5) is 0 Å². The topological polar surface area (TPSA) is 26.0 Å². The van der Waals surface area contributed by atoms with Crippen molar-refractivity contribution in [3.05, 3.63) is 33.8 Å². The van der Waals surface area contributed by atoms with Crippen molar-refractivity contribution in [2.24, 2.45) is 17.1 Å². The van der Waals surface area contributed by atoms with Crippen molar-refractivity contribution in [3.63, 3.8) is 0 Å². The smallest absolute Gasteiger partial charge is 0.0640 e. The zero-order chi connectivity index (χ0) is 13.3. The van der Waals surface area contributed by atoms with E-state index in [0.29, 0.717) is 16.0 Å². The van der Waals surface area contributed by atoms with Crippen molar-refractivity contribution in [1.29, 1.82) is 0 Å². The fourth-order valence-corrected chi connectivity index (χ4v) is 3.62. The van der Waals surface area contributed by atoms with Crippen molar-refractivity contribution >= 4 is 23.2 Å². The van der Waals surface area contributed by atoms with Crippen LogP contribution in [0, 0.1) is 11.3 Å². The summed E-state index contributed by atoms with van der Waals surface area (Å²) in [5.41, 5.74) is 7.74. The van der Waals surface area contributed by atoms with Crippen molar-refractivity contribution < 1.29 is 0 Å². The fourth-order valence-electron chi connectivity index (χ4n) is 3.18. The van der Waals surface area contributed by atoms with Crippen LogP contribution < -0.4 is 5.73 Å². The average molecular weight is 286 g/mol. The number of hydrogen-bond acceptors (Lipinski definition) is 1. The molecule has 0 spiro atoms. The monoisotopic (exact) mass is 285 g/mol. The van der Waals surface area contributed by atoms with Crippen molar-refractivity contribution in [3.8, 4) is 0 Å². The van der Waals surface area contributed by atoms with Gasteiger partial charge in [-0.25, -0.2) is 0 Å². The molecule has 1 aliphatic carbocycles. The number of benzene rings is 1. The minimum atomic E-state index is -0.0218. The lowest BCUT2D eigenvalue weighted by atomic mass is 9.65. The molecular formula is C15H21Cl2N. The molecule has 1 saturated carbocycles. The van der Waals surface area contributed by atoms with Crippen LogP contribution >= 0.6 is 23.2 Å². The number of rotatable bonds is 2. The zero-order valence-corrected chi connectivity index (χ0v) is 12.6. The van der Waals surface area contributed by atoms with Crippen LogP contribution in [0.25, 0.3) is 0 Å². The van der Waals surface area contributed by atoms with E-state index in [2.05, 4.69) is 13.8 Å². The highest BCUT2D eigenvalue weighted by molar-refractivity contribution is 6.42. The predicted molar refractivity (Wildman–Crippen MR) is 79.1 cm³/mol. The zero-order valence-electron chi connectivity index (χ0n) is 11.0. The first-order chi connectivity index (χ1) is 8.43. The molecule has 0 aromatic heterocycles. The molecule has 2 N–H and O–H groups in total. The second-order valence-electron chi connectivity index (χ2n) is 6.01. The van der Waals surface area contributed by atoms with Gasteiger partial charge >= 0.3 is 0 Å². The Bertz CT molecular complexity index is 429. The molecular weight excluding hydrogens is 265 g/mol. The Kier molecular flexibility index (Phi) is 4.25. The van der Waals surface area contributed by atoms with E-state index in [1.165, 1.54) is 25.7 Å². The van der Waals surface area contributed by atoms with E-state index in [1.54, 1.807) is 0 Å². The molecule has 0 bridgehead atoms. The van der Waals surface area contributed by atoms with Crippen LogP contribution in [0.2, 0.25) is 10.0 Å². The van der Waals surface area contributed by atoms with Gasteiger partial charge in [0.2, 0.25) is 0 Å². The van der Waals surface area contributed by atoms with Gasteiger partial charge in [0.1, 0.15) is 0 Å². The maximum atomic E-state index is 6.47. The Morgan fingerprint density at radius 3 is 2.67 bits per heavy atom. The van der Waals surface area contributed by atoms with Gasteiger partial charge in [-0.1, -0.05) is 62.0 Å². The third-order valence-electron chi connectivity index (χ3n) is 4.36. The molecule has 100 valence electrons. The lowest BCUT2D eigenvalue weighted by Gasteiger charge is -2.42. The average Bonchev–Trinajstić information content (AvgIpc) is 2.31. The van der Waals surface area contributed by atoms with Gasteiger partial charge in [-0.05, 0) is 35.8 Å². The molecule has 2 atom stereocenters. The van der Waals surface area contributed by atoms with E-state index in [-0.39, 0.29) is 11.5 Å². The second kappa shape index (κ2) is 5.40. The molecule has 1 fully saturated rings. The van der Waals surface area contributed by atoms with E-state index >= 15 is 0 Å². The maximum absolute atomic E-state index is 6.47. The van der Waals surface area contributed by atoms with Gasteiger partial charge in [-0.15, -0.1) is 0 Å².